The lowest BCUT2D eigenvalue weighted by Gasteiger charge is -2.17. The van der Waals surface area contributed by atoms with Gasteiger partial charge in [-0.15, -0.1) is 0 Å². The first-order valence-corrected chi connectivity index (χ1v) is 9.89. The SMILES string of the molecule is C[C@H]([NH2+][C@@H](C)c1ccccc1)C(=O)Nc1cccc(S(=O)(=O)N(C)C)c1. The Bertz CT molecular complexity index is 851. The van der Waals surface area contributed by atoms with E-state index in [0.717, 1.165) is 9.87 Å². The molecule has 2 aromatic carbocycles. The summed E-state index contributed by atoms with van der Waals surface area (Å²) in [4.78, 5) is 12.6. The molecule has 0 fully saturated rings. The molecule has 1 amide bonds. The lowest BCUT2D eigenvalue weighted by Crippen LogP contribution is -2.91. The lowest BCUT2D eigenvalue weighted by atomic mass is 10.1. The first-order chi connectivity index (χ1) is 12.2. The molecule has 0 radical (unpaired) electrons. The molecule has 2 rings (SSSR count). The average molecular weight is 377 g/mol. The van der Waals surface area contributed by atoms with Crippen molar-refractivity contribution < 1.29 is 18.5 Å². The van der Waals surface area contributed by atoms with E-state index in [0.29, 0.717) is 5.69 Å². The van der Waals surface area contributed by atoms with Crippen LogP contribution in [0.5, 0.6) is 0 Å². The van der Waals surface area contributed by atoms with Gasteiger partial charge in [0.05, 0.1) is 4.90 Å². The van der Waals surface area contributed by atoms with Crippen molar-refractivity contribution in [2.24, 2.45) is 0 Å². The highest BCUT2D eigenvalue weighted by atomic mass is 32.2. The van der Waals surface area contributed by atoms with Gasteiger partial charge in [0.25, 0.3) is 5.91 Å². The van der Waals surface area contributed by atoms with Crippen LogP contribution >= 0.6 is 0 Å². The van der Waals surface area contributed by atoms with Gasteiger partial charge >= 0.3 is 0 Å². The zero-order valence-electron chi connectivity index (χ0n) is 15.5. The smallest absolute Gasteiger partial charge is 0.282 e. The molecule has 0 bridgehead atoms. The summed E-state index contributed by atoms with van der Waals surface area (Å²) in [7, 11) is -0.587. The zero-order chi connectivity index (χ0) is 19.3. The Hall–Kier alpha value is -2.22. The number of hydrogen-bond acceptors (Lipinski definition) is 3. The summed E-state index contributed by atoms with van der Waals surface area (Å²) < 4.78 is 25.6. The third-order valence-corrected chi connectivity index (χ3v) is 6.01. The predicted molar refractivity (Wildman–Crippen MR) is 102 cm³/mol. The van der Waals surface area contributed by atoms with Crippen molar-refractivity contribution in [3.8, 4) is 0 Å². The molecular formula is C19H26N3O3S+. The summed E-state index contributed by atoms with van der Waals surface area (Å²) >= 11 is 0. The Labute approximate surface area is 155 Å². The van der Waals surface area contributed by atoms with Gasteiger partial charge in [-0.1, -0.05) is 36.4 Å². The number of nitrogens with two attached hydrogens (primary N) is 1. The van der Waals surface area contributed by atoms with Gasteiger partial charge < -0.3 is 10.6 Å². The maximum atomic E-state index is 12.5. The normalized spacial score (nSPS) is 14.0. The number of nitrogens with one attached hydrogen (secondary N) is 1. The van der Waals surface area contributed by atoms with Gasteiger partial charge in [0.15, 0.2) is 6.04 Å². The molecule has 0 aliphatic rings. The maximum absolute atomic E-state index is 12.5. The van der Waals surface area contributed by atoms with Crippen LogP contribution in [0.25, 0.3) is 0 Å². The second kappa shape index (κ2) is 8.44. The van der Waals surface area contributed by atoms with Crippen molar-refractivity contribution in [2.45, 2.75) is 30.8 Å². The zero-order valence-corrected chi connectivity index (χ0v) is 16.3. The van der Waals surface area contributed by atoms with Crippen molar-refractivity contribution in [3.63, 3.8) is 0 Å². The number of carbonyl (C=O) groups excluding carboxylic acids is 1. The van der Waals surface area contributed by atoms with Crippen LogP contribution in [-0.4, -0.2) is 38.8 Å². The molecule has 0 saturated heterocycles. The van der Waals surface area contributed by atoms with Crippen molar-refractivity contribution in [3.05, 3.63) is 60.2 Å². The molecular weight excluding hydrogens is 350 g/mol. The average Bonchev–Trinajstić information content (AvgIpc) is 2.62. The van der Waals surface area contributed by atoms with Crippen molar-refractivity contribution in [1.29, 1.82) is 0 Å². The van der Waals surface area contributed by atoms with Gasteiger partial charge in [0, 0.05) is 25.3 Å². The molecule has 0 unspecified atom stereocenters. The predicted octanol–water partition coefficient (Wildman–Crippen LogP) is 1.59. The van der Waals surface area contributed by atoms with E-state index in [1.807, 2.05) is 49.5 Å². The third-order valence-electron chi connectivity index (χ3n) is 4.20. The summed E-state index contributed by atoms with van der Waals surface area (Å²) in [6.45, 7) is 3.87. The highest BCUT2D eigenvalue weighted by Crippen LogP contribution is 2.18. The Balaban J connectivity index is 2.05. The van der Waals surface area contributed by atoms with Crippen LogP contribution in [0, 0.1) is 0 Å². The van der Waals surface area contributed by atoms with Crippen LogP contribution in [0.2, 0.25) is 0 Å². The van der Waals surface area contributed by atoms with Crippen LogP contribution in [0.4, 0.5) is 5.69 Å². The molecule has 7 heteroatoms. The van der Waals surface area contributed by atoms with Crippen molar-refractivity contribution in [2.75, 3.05) is 19.4 Å². The van der Waals surface area contributed by atoms with Gasteiger partial charge in [-0.05, 0) is 32.0 Å². The molecule has 140 valence electrons. The number of anilines is 1. The van der Waals surface area contributed by atoms with E-state index in [1.165, 1.54) is 26.2 Å². The van der Waals surface area contributed by atoms with E-state index in [-0.39, 0.29) is 22.9 Å². The second-order valence-corrected chi connectivity index (χ2v) is 8.64. The number of benzene rings is 2. The van der Waals surface area contributed by atoms with E-state index in [9.17, 15) is 13.2 Å². The fourth-order valence-corrected chi connectivity index (χ4v) is 3.54. The molecule has 0 aromatic heterocycles. The second-order valence-electron chi connectivity index (χ2n) is 6.48. The highest BCUT2D eigenvalue weighted by molar-refractivity contribution is 7.89. The standard InChI is InChI=1S/C19H25N3O3S/c1-14(16-9-6-5-7-10-16)20-15(2)19(23)21-17-11-8-12-18(13-17)26(24,25)22(3)4/h5-15,20H,1-4H3,(H,21,23)/p+1/t14-,15-/m0/s1. The highest BCUT2D eigenvalue weighted by Gasteiger charge is 2.22. The van der Waals surface area contributed by atoms with Crippen LogP contribution in [0.3, 0.4) is 0 Å². The lowest BCUT2D eigenvalue weighted by molar-refractivity contribution is -0.709. The first kappa shape index (κ1) is 20.1. The van der Waals surface area contributed by atoms with Gasteiger partial charge in [-0.2, -0.15) is 0 Å². The molecule has 2 aromatic rings. The Morgan fingerprint density at radius 2 is 1.69 bits per heavy atom. The van der Waals surface area contributed by atoms with Gasteiger partial charge in [0.2, 0.25) is 10.0 Å². The minimum absolute atomic E-state index is 0.136. The van der Waals surface area contributed by atoms with Gasteiger partial charge in [-0.25, -0.2) is 12.7 Å². The molecule has 0 saturated carbocycles. The van der Waals surface area contributed by atoms with Crippen LogP contribution in [0.1, 0.15) is 25.5 Å². The van der Waals surface area contributed by atoms with Gasteiger partial charge in [0.1, 0.15) is 6.04 Å². The van der Waals surface area contributed by atoms with Gasteiger partial charge in [-0.3, -0.25) is 4.79 Å². The summed E-state index contributed by atoms with van der Waals surface area (Å²) in [6, 6.07) is 16.1. The quantitative estimate of drug-likeness (QED) is 0.770. The number of hydrogen-bond donors (Lipinski definition) is 2. The largest absolute Gasteiger partial charge is 0.330 e. The fraction of sp³-hybridized carbons (Fsp3) is 0.316. The number of carbonyl (C=O) groups is 1. The molecule has 0 aliphatic carbocycles. The van der Waals surface area contributed by atoms with E-state index in [2.05, 4.69) is 5.32 Å². The fourth-order valence-electron chi connectivity index (χ4n) is 2.59. The first-order valence-electron chi connectivity index (χ1n) is 8.45. The van der Waals surface area contributed by atoms with Crippen LogP contribution < -0.4 is 10.6 Å². The summed E-state index contributed by atoms with van der Waals surface area (Å²) in [6.07, 6.45) is 0. The van der Waals surface area contributed by atoms with E-state index < -0.39 is 10.0 Å². The van der Waals surface area contributed by atoms with E-state index >= 15 is 0 Å². The van der Waals surface area contributed by atoms with E-state index in [1.54, 1.807) is 12.1 Å². The minimum Gasteiger partial charge on any atom is -0.330 e. The Morgan fingerprint density at radius 3 is 2.31 bits per heavy atom. The Morgan fingerprint density at radius 1 is 1.04 bits per heavy atom. The number of nitrogens with zero attached hydrogens (tertiary/aromatic N) is 1. The summed E-state index contributed by atoms with van der Waals surface area (Å²) in [5.41, 5.74) is 1.61. The molecule has 2 atom stereocenters. The molecule has 0 aliphatic heterocycles. The summed E-state index contributed by atoms with van der Waals surface area (Å²) in [5, 5.41) is 4.77. The number of quaternary nitrogens is 1. The van der Waals surface area contributed by atoms with Crippen molar-refractivity contribution >= 4 is 21.6 Å². The number of sulfonamides is 1. The molecule has 6 nitrogen and oxygen atoms in total. The monoisotopic (exact) mass is 376 g/mol. The van der Waals surface area contributed by atoms with Crippen LogP contribution in [-0.2, 0) is 14.8 Å². The topological polar surface area (TPSA) is 83.1 Å². The summed E-state index contributed by atoms with van der Waals surface area (Å²) in [5.74, 6) is -0.174. The minimum atomic E-state index is -3.54. The molecule has 3 N–H and O–H groups in total. The molecule has 26 heavy (non-hydrogen) atoms. The van der Waals surface area contributed by atoms with E-state index in [4.69, 9.17) is 0 Å². The Kier molecular flexibility index (Phi) is 6.52. The number of rotatable bonds is 7. The maximum Gasteiger partial charge on any atom is 0.282 e. The van der Waals surface area contributed by atoms with Crippen molar-refractivity contribution in [1.82, 2.24) is 4.31 Å². The van der Waals surface area contributed by atoms with Crippen LogP contribution in [0.15, 0.2) is 59.5 Å². The number of amides is 1. The molecule has 0 heterocycles. The third kappa shape index (κ3) is 4.91. The molecule has 0 spiro atoms.